The summed E-state index contributed by atoms with van der Waals surface area (Å²) in [5.74, 6) is 0.875. The van der Waals surface area contributed by atoms with Gasteiger partial charge in [-0.1, -0.05) is 50.6 Å². The first-order chi connectivity index (χ1) is 11.5. The zero-order valence-corrected chi connectivity index (χ0v) is 16.3. The molecule has 4 atom stereocenters. The number of nitrogens with two attached hydrogens (primary N) is 1. The van der Waals surface area contributed by atoms with E-state index >= 15 is 0 Å². The molecule has 0 saturated carbocycles. The molecule has 0 bridgehead atoms. The summed E-state index contributed by atoms with van der Waals surface area (Å²) in [5.41, 5.74) is 7.14. The summed E-state index contributed by atoms with van der Waals surface area (Å²) in [6.07, 6.45) is 2.94. The Hall–Kier alpha value is -1.10. The van der Waals surface area contributed by atoms with Crippen LogP contribution in [0.25, 0.3) is 0 Å². The molecule has 1 aliphatic heterocycles. The minimum Gasteiger partial charge on any atom is -0.461 e. The van der Waals surface area contributed by atoms with E-state index in [1.54, 1.807) is 0 Å². The monoisotopic (exact) mass is 369 g/mol. The number of benzene rings is 1. The second kappa shape index (κ2) is 10.8. The summed E-state index contributed by atoms with van der Waals surface area (Å²) in [5, 5.41) is 0. The topological polar surface area (TPSA) is 61.5 Å². The molecule has 0 spiro atoms. The Morgan fingerprint density at radius 1 is 1.20 bits per heavy atom. The highest BCUT2D eigenvalue weighted by Gasteiger charge is 2.32. The highest BCUT2D eigenvalue weighted by Crippen LogP contribution is 2.30. The molecule has 1 aromatic carbocycles. The molecule has 0 radical (unpaired) electrons. The van der Waals surface area contributed by atoms with Gasteiger partial charge in [0.25, 0.3) is 0 Å². The third-order valence-corrected chi connectivity index (χ3v) is 4.86. The number of hydrogen-bond acceptors (Lipinski definition) is 4. The average molecular weight is 370 g/mol. The van der Waals surface area contributed by atoms with Gasteiger partial charge in [-0.05, 0) is 37.2 Å². The van der Waals surface area contributed by atoms with E-state index in [1.165, 1.54) is 5.56 Å². The van der Waals surface area contributed by atoms with Crippen LogP contribution in [-0.4, -0.2) is 31.3 Å². The second-order valence-electron chi connectivity index (χ2n) is 7.37. The van der Waals surface area contributed by atoms with Crippen molar-refractivity contribution in [3.05, 3.63) is 35.9 Å². The maximum atomic E-state index is 12.1. The lowest BCUT2D eigenvalue weighted by Crippen LogP contribution is -2.38. The van der Waals surface area contributed by atoms with Gasteiger partial charge in [0.1, 0.15) is 12.1 Å². The number of hydrogen-bond donors (Lipinski definition) is 1. The minimum atomic E-state index is -0.686. The third kappa shape index (κ3) is 6.96. The lowest BCUT2D eigenvalue weighted by Gasteiger charge is -2.31. The van der Waals surface area contributed by atoms with Crippen molar-refractivity contribution in [2.75, 3.05) is 13.2 Å². The van der Waals surface area contributed by atoms with E-state index in [0.717, 1.165) is 19.3 Å². The maximum Gasteiger partial charge on any atom is 0.325 e. The molecule has 4 nitrogen and oxygen atoms in total. The standard InChI is InChI=1S/C20H31NO3.ClH/c1-14(2)9-10-18-15(3)24-20(22)19(21)13-23-12-17(18)11-16-7-5-4-6-8-16;/h4-8,14-15,17-19H,9-13,21H2,1-3H3;1H/t15-,17-,18-,19-;/m0./s1. The Labute approximate surface area is 157 Å². The first kappa shape index (κ1) is 21.9. The van der Waals surface area contributed by atoms with Crippen molar-refractivity contribution < 1.29 is 14.3 Å². The van der Waals surface area contributed by atoms with Gasteiger partial charge in [0.2, 0.25) is 0 Å². The largest absolute Gasteiger partial charge is 0.461 e. The fourth-order valence-corrected chi connectivity index (χ4v) is 3.40. The summed E-state index contributed by atoms with van der Waals surface area (Å²) in [4.78, 5) is 12.1. The Morgan fingerprint density at radius 3 is 2.52 bits per heavy atom. The second-order valence-corrected chi connectivity index (χ2v) is 7.37. The third-order valence-electron chi connectivity index (χ3n) is 4.86. The first-order valence-corrected chi connectivity index (χ1v) is 9.05. The van der Waals surface area contributed by atoms with Gasteiger partial charge in [0.05, 0.1) is 13.2 Å². The van der Waals surface area contributed by atoms with Crippen LogP contribution in [0.3, 0.4) is 0 Å². The SMILES string of the molecule is CC(C)CC[C@@H]1[C@@H](Cc2ccccc2)COC[C@H](N)C(=O)O[C@H]1C.Cl. The van der Waals surface area contributed by atoms with Gasteiger partial charge in [-0.2, -0.15) is 0 Å². The van der Waals surface area contributed by atoms with Gasteiger partial charge in [-0.25, -0.2) is 0 Å². The highest BCUT2D eigenvalue weighted by atomic mass is 35.5. The quantitative estimate of drug-likeness (QED) is 0.805. The Morgan fingerprint density at radius 2 is 1.88 bits per heavy atom. The zero-order chi connectivity index (χ0) is 17.5. The molecule has 1 heterocycles. The molecule has 5 heteroatoms. The molecule has 1 fully saturated rings. The van der Waals surface area contributed by atoms with Crippen LogP contribution >= 0.6 is 12.4 Å². The number of carbonyl (C=O) groups is 1. The molecular weight excluding hydrogens is 338 g/mol. The van der Waals surface area contributed by atoms with Crippen molar-refractivity contribution in [3.63, 3.8) is 0 Å². The summed E-state index contributed by atoms with van der Waals surface area (Å²) >= 11 is 0. The van der Waals surface area contributed by atoms with Crippen molar-refractivity contribution >= 4 is 18.4 Å². The van der Waals surface area contributed by atoms with Crippen LogP contribution in [0.15, 0.2) is 30.3 Å². The van der Waals surface area contributed by atoms with E-state index in [0.29, 0.717) is 18.4 Å². The summed E-state index contributed by atoms with van der Waals surface area (Å²) in [6.45, 7) is 7.30. The summed E-state index contributed by atoms with van der Waals surface area (Å²) in [6, 6.07) is 9.77. The van der Waals surface area contributed by atoms with Gasteiger partial charge in [0.15, 0.2) is 0 Å². The van der Waals surface area contributed by atoms with Crippen LogP contribution in [-0.2, 0) is 20.7 Å². The van der Waals surface area contributed by atoms with Crippen molar-refractivity contribution in [1.82, 2.24) is 0 Å². The van der Waals surface area contributed by atoms with Gasteiger partial charge in [-0.3, -0.25) is 4.79 Å². The van der Waals surface area contributed by atoms with E-state index in [9.17, 15) is 4.79 Å². The Kier molecular flexibility index (Phi) is 9.47. The Bertz CT molecular complexity index is 509. The van der Waals surface area contributed by atoms with Crippen LogP contribution in [0.1, 0.15) is 39.2 Å². The summed E-state index contributed by atoms with van der Waals surface area (Å²) < 4.78 is 11.4. The van der Waals surface area contributed by atoms with Crippen LogP contribution in [0.4, 0.5) is 0 Å². The van der Waals surface area contributed by atoms with Crippen molar-refractivity contribution in [2.24, 2.45) is 23.5 Å². The van der Waals surface area contributed by atoms with E-state index in [2.05, 4.69) is 38.1 Å². The normalized spacial score (nSPS) is 27.6. The smallest absolute Gasteiger partial charge is 0.325 e. The molecule has 1 aromatic rings. The molecule has 0 unspecified atom stereocenters. The molecule has 2 rings (SSSR count). The van der Waals surface area contributed by atoms with Crippen LogP contribution < -0.4 is 5.73 Å². The van der Waals surface area contributed by atoms with Gasteiger partial charge in [-0.15, -0.1) is 12.4 Å². The summed E-state index contributed by atoms with van der Waals surface area (Å²) in [7, 11) is 0. The fraction of sp³-hybridized carbons (Fsp3) is 0.650. The van der Waals surface area contributed by atoms with Crippen molar-refractivity contribution in [3.8, 4) is 0 Å². The molecule has 0 aliphatic carbocycles. The predicted molar refractivity (Wildman–Crippen MR) is 103 cm³/mol. The number of ether oxygens (including phenoxy) is 2. The molecule has 0 amide bonds. The molecule has 2 N–H and O–H groups in total. The maximum absolute atomic E-state index is 12.1. The van der Waals surface area contributed by atoms with E-state index in [-0.39, 0.29) is 37.0 Å². The zero-order valence-electron chi connectivity index (χ0n) is 15.5. The fourth-order valence-electron chi connectivity index (χ4n) is 3.40. The predicted octanol–water partition coefficient (Wildman–Crippen LogP) is 3.61. The number of carbonyl (C=O) groups excluding carboxylic acids is 1. The lowest BCUT2D eigenvalue weighted by atomic mass is 9.80. The first-order valence-electron chi connectivity index (χ1n) is 9.05. The molecule has 25 heavy (non-hydrogen) atoms. The lowest BCUT2D eigenvalue weighted by molar-refractivity contribution is -0.153. The number of rotatable bonds is 5. The van der Waals surface area contributed by atoms with Crippen molar-refractivity contribution in [2.45, 2.75) is 52.2 Å². The number of esters is 1. The minimum absolute atomic E-state index is 0. The Balaban J connectivity index is 0.00000312. The average Bonchev–Trinajstić information content (AvgIpc) is 2.58. The van der Waals surface area contributed by atoms with Crippen LogP contribution in [0.5, 0.6) is 0 Å². The van der Waals surface area contributed by atoms with E-state index < -0.39 is 6.04 Å². The van der Waals surface area contributed by atoms with E-state index in [4.69, 9.17) is 15.2 Å². The number of halogens is 1. The molecule has 142 valence electrons. The van der Waals surface area contributed by atoms with Crippen LogP contribution in [0, 0.1) is 17.8 Å². The van der Waals surface area contributed by atoms with Gasteiger partial charge >= 0.3 is 5.97 Å². The molecule has 1 aliphatic rings. The number of cyclic esters (lactones) is 1. The van der Waals surface area contributed by atoms with Crippen molar-refractivity contribution in [1.29, 1.82) is 0 Å². The van der Waals surface area contributed by atoms with E-state index in [1.807, 2.05) is 13.0 Å². The highest BCUT2D eigenvalue weighted by molar-refractivity contribution is 5.85. The molecule has 0 aromatic heterocycles. The van der Waals surface area contributed by atoms with Crippen LogP contribution in [0.2, 0.25) is 0 Å². The van der Waals surface area contributed by atoms with Gasteiger partial charge in [0, 0.05) is 5.92 Å². The molecular formula is C20H32ClNO3. The van der Waals surface area contributed by atoms with Gasteiger partial charge < -0.3 is 15.2 Å². The molecule has 1 saturated heterocycles.